The Hall–Kier alpha value is -2.01. The molecule has 3 nitrogen and oxygen atoms in total. The van der Waals surface area contributed by atoms with Crippen LogP contribution in [-0.4, -0.2) is 10.3 Å². The molecule has 0 atom stereocenters. The Bertz CT molecular complexity index is 722. The fraction of sp³-hybridized carbons (Fsp3) is 0. The third-order valence-corrected chi connectivity index (χ3v) is 2.80. The predicted octanol–water partition coefficient (Wildman–Crippen LogP) is 3.82. The van der Waals surface area contributed by atoms with Crippen molar-refractivity contribution in [2.75, 3.05) is 0 Å². The van der Waals surface area contributed by atoms with E-state index in [2.05, 4.69) is 14.9 Å². The minimum absolute atomic E-state index is 0.313. The Balaban J connectivity index is 2.24. The van der Waals surface area contributed by atoms with Crippen LogP contribution >= 0.6 is 11.6 Å². The fourth-order valence-corrected chi connectivity index (χ4v) is 1.99. The lowest BCUT2D eigenvalue weighted by Gasteiger charge is -2.03. The molecule has 0 radical (unpaired) electrons. The van der Waals surface area contributed by atoms with E-state index in [1.165, 1.54) is 12.1 Å². The molecule has 0 aliphatic heterocycles. The first-order chi connectivity index (χ1) is 8.63. The molecule has 0 N–H and O–H groups in total. The number of halogens is 3. The van der Waals surface area contributed by atoms with E-state index in [4.69, 9.17) is 11.6 Å². The summed E-state index contributed by atoms with van der Waals surface area (Å²) in [6.45, 7) is 0. The van der Waals surface area contributed by atoms with Gasteiger partial charge in [-0.15, -0.1) is 0 Å². The van der Waals surface area contributed by atoms with Gasteiger partial charge in [-0.25, -0.2) is 13.4 Å². The summed E-state index contributed by atoms with van der Waals surface area (Å²) < 4.78 is 30.8. The molecule has 90 valence electrons. The molecular weight excluding hydrogens is 262 g/mol. The van der Waals surface area contributed by atoms with Crippen molar-refractivity contribution in [2.45, 2.75) is 0 Å². The van der Waals surface area contributed by atoms with Gasteiger partial charge in [0.2, 0.25) is 0 Å². The molecule has 1 heterocycles. The first kappa shape index (κ1) is 11.1. The molecule has 0 aliphatic rings. The molecule has 0 saturated carbocycles. The summed E-state index contributed by atoms with van der Waals surface area (Å²) >= 11 is 5.98. The molecule has 18 heavy (non-hydrogen) atoms. The molecule has 0 unspecified atom stereocenters. The summed E-state index contributed by atoms with van der Waals surface area (Å²) in [4.78, 5) is 0. The highest BCUT2D eigenvalue weighted by Crippen LogP contribution is 2.29. The summed E-state index contributed by atoms with van der Waals surface area (Å²) in [5.41, 5.74) is 1.76. The number of aromatic nitrogens is 2. The number of nitrogens with zero attached hydrogens (tertiary/aromatic N) is 2. The smallest absolute Gasteiger partial charge is 0.153 e. The van der Waals surface area contributed by atoms with Gasteiger partial charge < -0.3 is 0 Å². The monoisotopic (exact) mass is 266 g/mol. The molecular formula is C12H5ClF2N2O. The van der Waals surface area contributed by atoms with Gasteiger partial charge in [-0.1, -0.05) is 11.6 Å². The van der Waals surface area contributed by atoms with Gasteiger partial charge in [0.1, 0.15) is 17.2 Å². The molecule has 2 aromatic carbocycles. The van der Waals surface area contributed by atoms with Crippen LogP contribution in [0, 0.1) is 11.6 Å². The van der Waals surface area contributed by atoms with Gasteiger partial charge in [-0.05, 0) is 45.7 Å². The van der Waals surface area contributed by atoms with Crippen molar-refractivity contribution in [1.82, 2.24) is 10.3 Å². The maximum Gasteiger partial charge on any atom is 0.153 e. The van der Waals surface area contributed by atoms with Crippen molar-refractivity contribution in [2.24, 2.45) is 0 Å². The third kappa shape index (κ3) is 1.82. The van der Waals surface area contributed by atoms with Crippen LogP contribution in [0.5, 0.6) is 0 Å². The lowest BCUT2D eigenvalue weighted by molar-refractivity contribution is 0.315. The van der Waals surface area contributed by atoms with E-state index < -0.39 is 11.6 Å². The standard InChI is InChI=1S/C12H5ClF2N2O/c13-10-3-7(4-11-12(10)17-18-16-11)6-1-8(14)5-9(15)2-6/h1-5H. The Morgan fingerprint density at radius 1 is 0.889 bits per heavy atom. The molecule has 0 saturated heterocycles. The zero-order valence-electron chi connectivity index (χ0n) is 8.82. The van der Waals surface area contributed by atoms with E-state index in [-0.39, 0.29) is 0 Å². The van der Waals surface area contributed by atoms with Crippen LogP contribution in [0.4, 0.5) is 8.78 Å². The van der Waals surface area contributed by atoms with Crippen molar-refractivity contribution in [3.05, 3.63) is 47.0 Å². The summed E-state index contributed by atoms with van der Waals surface area (Å²) in [6.07, 6.45) is 0. The Labute approximate surface area is 105 Å². The SMILES string of the molecule is Fc1cc(F)cc(-c2cc(Cl)c3nonc3c2)c1. The number of fused-ring (bicyclic) bond motifs is 1. The molecule has 0 spiro atoms. The first-order valence-electron chi connectivity index (χ1n) is 5.02. The average molecular weight is 267 g/mol. The zero-order valence-corrected chi connectivity index (χ0v) is 9.58. The Morgan fingerprint density at radius 2 is 1.56 bits per heavy atom. The maximum absolute atomic E-state index is 13.1. The minimum atomic E-state index is -0.653. The lowest BCUT2D eigenvalue weighted by Crippen LogP contribution is -1.85. The number of benzene rings is 2. The summed E-state index contributed by atoms with van der Waals surface area (Å²) in [5, 5.41) is 7.59. The van der Waals surface area contributed by atoms with E-state index in [0.29, 0.717) is 27.2 Å². The van der Waals surface area contributed by atoms with E-state index in [1.807, 2.05) is 0 Å². The minimum Gasteiger partial charge on any atom is -0.243 e. The maximum atomic E-state index is 13.1. The van der Waals surface area contributed by atoms with Crippen LogP contribution in [0.15, 0.2) is 35.0 Å². The third-order valence-electron chi connectivity index (χ3n) is 2.51. The molecule has 0 aliphatic carbocycles. The number of hydrogen-bond donors (Lipinski definition) is 0. The van der Waals surface area contributed by atoms with Gasteiger partial charge in [-0.3, -0.25) is 0 Å². The fourth-order valence-electron chi connectivity index (χ4n) is 1.74. The van der Waals surface area contributed by atoms with Crippen LogP contribution in [0.25, 0.3) is 22.2 Å². The molecule has 1 aromatic heterocycles. The Kier molecular flexibility index (Phi) is 2.48. The second kappa shape index (κ2) is 4.03. The van der Waals surface area contributed by atoms with Gasteiger partial charge in [0, 0.05) is 6.07 Å². The van der Waals surface area contributed by atoms with E-state index in [9.17, 15) is 8.78 Å². The Morgan fingerprint density at radius 3 is 2.28 bits per heavy atom. The normalized spacial score (nSPS) is 11.1. The van der Waals surface area contributed by atoms with Gasteiger partial charge in [0.05, 0.1) is 5.02 Å². The van der Waals surface area contributed by atoms with Crippen LogP contribution in [0.2, 0.25) is 5.02 Å². The van der Waals surface area contributed by atoms with Crippen molar-refractivity contribution >= 4 is 22.6 Å². The predicted molar refractivity (Wildman–Crippen MR) is 62.2 cm³/mol. The van der Waals surface area contributed by atoms with Crippen molar-refractivity contribution in [3.63, 3.8) is 0 Å². The second-order valence-electron chi connectivity index (χ2n) is 3.75. The molecule has 0 amide bonds. The van der Waals surface area contributed by atoms with Crippen LogP contribution < -0.4 is 0 Å². The summed E-state index contributed by atoms with van der Waals surface area (Å²) in [6, 6.07) is 6.40. The van der Waals surface area contributed by atoms with Crippen molar-refractivity contribution < 1.29 is 13.4 Å². The molecule has 3 aromatic rings. The summed E-state index contributed by atoms with van der Waals surface area (Å²) in [7, 11) is 0. The van der Waals surface area contributed by atoms with Gasteiger partial charge in [0.15, 0.2) is 5.52 Å². The van der Waals surface area contributed by atoms with Crippen LogP contribution in [0.1, 0.15) is 0 Å². The van der Waals surface area contributed by atoms with Crippen molar-refractivity contribution in [3.8, 4) is 11.1 Å². The number of hydrogen-bond acceptors (Lipinski definition) is 3. The zero-order chi connectivity index (χ0) is 12.7. The highest BCUT2D eigenvalue weighted by atomic mass is 35.5. The van der Waals surface area contributed by atoms with Gasteiger partial charge >= 0.3 is 0 Å². The summed E-state index contributed by atoms with van der Waals surface area (Å²) in [5.74, 6) is -1.31. The topological polar surface area (TPSA) is 38.9 Å². The molecule has 3 rings (SSSR count). The van der Waals surface area contributed by atoms with E-state index in [1.54, 1.807) is 12.1 Å². The number of rotatable bonds is 1. The van der Waals surface area contributed by atoms with E-state index in [0.717, 1.165) is 6.07 Å². The van der Waals surface area contributed by atoms with E-state index >= 15 is 0 Å². The quantitative estimate of drug-likeness (QED) is 0.672. The van der Waals surface area contributed by atoms with Crippen LogP contribution in [-0.2, 0) is 0 Å². The first-order valence-corrected chi connectivity index (χ1v) is 5.39. The molecule has 6 heteroatoms. The van der Waals surface area contributed by atoms with Crippen molar-refractivity contribution in [1.29, 1.82) is 0 Å². The average Bonchev–Trinajstić information content (AvgIpc) is 2.76. The highest BCUT2D eigenvalue weighted by Gasteiger charge is 2.10. The highest BCUT2D eigenvalue weighted by molar-refractivity contribution is 6.35. The molecule has 0 fully saturated rings. The lowest BCUT2D eigenvalue weighted by atomic mass is 10.0. The second-order valence-corrected chi connectivity index (χ2v) is 4.16. The van der Waals surface area contributed by atoms with Crippen LogP contribution in [0.3, 0.4) is 0 Å². The van der Waals surface area contributed by atoms with Gasteiger partial charge in [-0.2, -0.15) is 0 Å². The molecule has 0 bridgehead atoms. The van der Waals surface area contributed by atoms with Gasteiger partial charge in [0.25, 0.3) is 0 Å². The largest absolute Gasteiger partial charge is 0.243 e.